The highest BCUT2D eigenvalue weighted by molar-refractivity contribution is 6.31. The lowest BCUT2D eigenvalue weighted by molar-refractivity contribution is -0.385. The summed E-state index contributed by atoms with van der Waals surface area (Å²) in [4.78, 5) is 45.7. The van der Waals surface area contributed by atoms with Crippen molar-refractivity contribution in [1.29, 1.82) is 0 Å². The van der Waals surface area contributed by atoms with Crippen LogP contribution in [-0.2, 0) is 9.53 Å². The molecule has 0 aromatic heterocycles. The number of ether oxygens (including phenoxy) is 1. The fourth-order valence-electron chi connectivity index (χ4n) is 2.12. The van der Waals surface area contributed by atoms with Crippen molar-refractivity contribution in [3.63, 3.8) is 0 Å². The number of ketones is 1. The second-order valence-electron chi connectivity index (χ2n) is 5.14. The molecule has 0 unspecified atom stereocenters. The fourth-order valence-corrected chi connectivity index (χ4v) is 2.29. The van der Waals surface area contributed by atoms with Crippen molar-refractivity contribution >= 4 is 40.6 Å². The summed E-state index contributed by atoms with van der Waals surface area (Å²) in [5.74, 6) is -1.97. The first-order valence-corrected chi connectivity index (χ1v) is 7.68. The molecule has 0 spiro atoms. The molecule has 1 N–H and O–H groups in total. The Hall–Kier alpha value is -3.26. The van der Waals surface area contributed by atoms with Gasteiger partial charge < -0.3 is 10.1 Å². The lowest BCUT2D eigenvalue weighted by Gasteiger charge is -2.09. The van der Waals surface area contributed by atoms with Crippen molar-refractivity contribution in [3.8, 4) is 0 Å². The topological polar surface area (TPSA) is 116 Å². The van der Waals surface area contributed by atoms with Crippen LogP contribution in [0.1, 0.15) is 27.6 Å². The van der Waals surface area contributed by atoms with Crippen LogP contribution in [0, 0.1) is 10.1 Å². The Kier molecular flexibility index (Phi) is 6.03. The van der Waals surface area contributed by atoms with E-state index in [-0.39, 0.29) is 22.1 Å². The number of carbonyl (C=O) groups excluding carboxylic acids is 3. The number of nitro groups is 1. The highest BCUT2D eigenvalue weighted by Crippen LogP contribution is 2.24. The van der Waals surface area contributed by atoms with E-state index in [1.54, 1.807) is 18.2 Å². The smallest absolute Gasteiger partial charge is 0.345 e. The second kappa shape index (κ2) is 8.21. The first-order valence-electron chi connectivity index (χ1n) is 7.30. The minimum atomic E-state index is -1.04. The SMILES string of the molecule is CC(=O)c1ccccc1NC(=O)COC(=O)c1ccc(Cl)cc1[N+](=O)[O-]. The number of halogens is 1. The van der Waals surface area contributed by atoms with Crippen LogP contribution in [0.2, 0.25) is 5.02 Å². The number of hydrogen-bond acceptors (Lipinski definition) is 6. The first-order chi connectivity index (χ1) is 12.3. The molecular formula is C17H13ClN2O6. The van der Waals surface area contributed by atoms with E-state index in [1.807, 2.05) is 0 Å². The zero-order chi connectivity index (χ0) is 19.3. The van der Waals surface area contributed by atoms with Gasteiger partial charge in [0.05, 0.1) is 10.6 Å². The van der Waals surface area contributed by atoms with E-state index in [9.17, 15) is 24.5 Å². The average molecular weight is 377 g/mol. The molecule has 2 aromatic carbocycles. The van der Waals surface area contributed by atoms with E-state index in [4.69, 9.17) is 16.3 Å². The van der Waals surface area contributed by atoms with Gasteiger partial charge in [-0.2, -0.15) is 0 Å². The predicted octanol–water partition coefficient (Wildman–Crippen LogP) is 3.25. The Balaban J connectivity index is 2.06. The number of hydrogen-bond donors (Lipinski definition) is 1. The summed E-state index contributed by atoms with van der Waals surface area (Å²) in [6.07, 6.45) is 0. The molecule has 0 radical (unpaired) electrons. The van der Waals surface area contributed by atoms with Crippen LogP contribution in [0.4, 0.5) is 11.4 Å². The monoisotopic (exact) mass is 376 g/mol. The van der Waals surface area contributed by atoms with Gasteiger partial charge in [-0.1, -0.05) is 23.7 Å². The van der Waals surface area contributed by atoms with Gasteiger partial charge in [-0.25, -0.2) is 4.79 Å². The van der Waals surface area contributed by atoms with Gasteiger partial charge in [0.25, 0.3) is 11.6 Å². The van der Waals surface area contributed by atoms with Gasteiger partial charge in [-0.05, 0) is 31.2 Å². The van der Waals surface area contributed by atoms with E-state index in [2.05, 4.69) is 5.32 Å². The Morgan fingerprint density at radius 1 is 1.15 bits per heavy atom. The Labute approximate surface area is 152 Å². The normalized spacial score (nSPS) is 10.1. The molecular weight excluding hydrogens is 364 g/mol. The molecule has 26 heavy (non-hydrogen) atoms. The first kappa shape index (κ1) is 19.1. The number of amides is 1. The number of nitrogens with zero attached hydrogens (tertiary/aromatic N) is 1. The summed E-state index contributed by atoms with van der Waals surface area (Å²) in [7, 11) is 0. The van der Waals surface area contributed by atoms with Crippen molar-refractivity contribution in [1.82, 2.24) is 0 Å². The number of carbonyl (C=O) groups is 3. The molecule has 0 aliphatic carbocycles. The number of Topliss-reactive ketones (excluding diaryl/α,β-unsaturated/α-hetero) is 1. The van der Waals surface area contributed by atoms with Gasteiger partial charge in [0, 0.05) is 16.7 Å². The van der Waals surface area contributed by atoms with Crippen LogP contribution in [0.25, 0.3) is 0 Å². The van der Waals surface area contributed by atoms with Gasteiger partial charge in [0.1, 0.15) is 5.56 Å². The molecule has 1 amide bonds. The maximum absolute atomic E-state index is 12.0. The predicted molar refractivity (Wildman–Crippen MR) is 93.5 cm³/mol. The summed E-state index contributed by atoms with van der Waals surface area (Å²) >= 11 is 5.68. The van der Waals surface area contributed by atoms with Crippen LogP contribution in [-0.4, -0.2) is 29.2 Å². The molecule has 8 nitrogen and oxygen atoms in total. The quantitative estimate of drug-likeness (QED) is 0.358. The molecule has 0 fully saturated rings. The van der Waals surface area contributed by atoms with Gasteiger partial charge in [-0.3, -0.25) is 19.7 Å². The third-order valence-corrected chi connectivity index (χ3v) is 3.53. The number of benzene rings is 2. The van der Waals surface area contributed by atoms with E-state index in [1.165, 1.54) is 19.1 Å². The van der Waals surface area contributed by atoms with Gasteiger partial charge in [0.15, 0.2) is 12.4 Å². The average Bonchev–Trinajstić information content (AvgIpc) is 2.59. The van der Waals surface area contributed by atoms with Crippen molar-refractivity contribution in [2.75, 3.05) is 11.9 Å². The third kappa shape index (κ3) is 4.64. The third-order valence-electron chi connectivity index (χ3n) is 3.29. The number of nitro benzene ring substituents is 1. The highest BCUT2D eigenvalue weighted by atomic mass is 35.5. The minimum absolute atomic E-state index is 0.0897. The van der Waals surface area contributed by atoms with Crippen LogP contribution in [0.3, 0.4) is 0 Å². The van der Waals surface area contributed by atoms with Crippen molar-refractivity contribution in [2.45, 2.75) is 6.92 Å². The maximum Gasteiger partial charge on any atom is 0.345 e. The summed E-state index contributed by atoms with van der Waals surface area (Å²) < 4.78 is 4.81. The summed E-state index contributed by atoms with van der Waals surface area (Å²) in [5.41, 5.74) is -0.264. The zero-order valence-corrected chi connectivity index (χ0v) is 14.3. The summed E-state index contributed by atoms with van der Waals surface area (Å²) in [5, 5.41) is 13.5. The number of anilines is 1. The molecule has 0 heterocycles. The molecule has 2 rings (SSSR count). The van der Waals surface area contributed by atoms with Crippen molar-refractivity contribution < 1.29 is 24.0 Å². The van der Waals surface area contributed by atoms with E-state index in [0.717, 1.165) is 12.1 Å². The Morgan fingerprint density at radius 2 is 1.85 bits per heavy atom. The highest BCUT2D eigenvalue weighted by Gasteiger charge is 2.22. The van der Waals surface area contributed by atoms with Crippen molar-refractivity contribution in [3.05, 3.63) is 68.7 Å². The number of rotatable bonds is 6. The number of para-hydroxylation sites is 1. The Bertz CT molecular complexity index is 897. The Morgan fingerprint density at radius 3 is 2.50 bits per heavy atom. The van der Waals surface area contributed by atoms with Gasteiger partial charge in [-0.15, -0.1) is 0 Å². The van der Waals surface area contributed by atoms with Crippen LogP contribution < -0.4 is 5.32 Å². The molecule has 0 saturated heterocycles. The van der Waals surface area contributed by atoms with E-state index in [0.29, 0.717) is 5.56 Å². The fraction of sp³-hybridized carbons (Fsp3) is 0.118. The molecule has 0 bridgehead atoms. The maximum atomic E-state index is 12.0. The largest absolute Gasteiger partial charge is 0.452 e. The minimum Gasteiger partial charge on any atom is -0.452 e. The standard InChI is InChI=1S/C17H13ClN2O6/c1-10(21)12-4-2-3-5-14(12)19-16(22)9-26-17(23)13-7-6-11(18)8-15(13)20(24)25/h2-8H,9H2,1H3,(H,19,22). The van der Waals surface area contributed by atoms with Crippen LogP contribution >= 0.6 is 11.6 Å². The van der Waals surface area contributed by atoms with E-state index >= 15 is 0 Å². The van der Waals surface area contributed by atoms with Crippen LogP contribution in [0.15, 0.2) is 42.5 Å². The molecule has 0 aliphatic heterocycles. The second-order valence-corrected chi connectivity index (χ2v) is 5.58. The summed E-state index contributed by atoms with van der Waals surface area (Å²) in [6, 6.07) is 9.81. The lowest BCUT2D eigenvalue weighted by Crippen LogP contribution is -2.22. The number of esters is 1. The van der Waals surface area contributed by atoms with Crippen molar-refractivity contribution in [2.24, 2.45) is 0 Å². The molecule has 0 saturated carbocycles. The van der Waals surface area contributed by atoms with Gasteiger partial charge >= 0.3 is 5.97 Å². The molecule has 0 aliphatic rings. The molecule has 0 atom stereocenters. The molecule has 134 valence electrons. The van der Waals surface area contributed by atoms with Gasteiger partial charge in [0.2, 0.25) is 0 Å². The number of nitrogens with one attached hydrogen (secondary N) is 1. The summed E-state index contributed by atoms with van der Waals surface area (Å²) in [6.45, 7) is 0.676. The van der Waals surface area contributed by atoms with Crippen LogP contribution in [0.5, 0.6) is 0 Å². The van der Waals surface area contributed by atoms with E-state index < -0.39 is 29.1 Å². The molecule has 2 aromatic rings. The lowest BCUT2D eigenvalue weighted by atomic mass is 10.1. The zero-order valence-electron chi connectivity index (χ0n) is 13.5. The molecule has 9 heteroatoms.